The predicted octanol–water partition coefficient (Wildman–Crippen LogP) is 0.779. The minimum atomic E-state index is -1.11. The van der Waals surface area contributed by atoms with Crippen LogP contribution in [0.2, 0.25) is 0 Å². The molecule has 0 fully saturated rings. The van der Waals surface area contributed by atoms with Crippen LogP contribution in [0.1, 0.15) is 20.8 Å². The molecule has 0 heterocycles. The van der Waals surface area contributed by atoms with Gasteiger partial charge in [-0.05, 0) is 20.8 Å². The molecule has 0 rings (SSSR count). The summed E-state index contributed by atoms with van der Waals surface area (Å²) in [7, 11) is 0. The average Bonchev–Trinajstić information content (AvgIpc) is 1.94. The summed E-state index contributed by atoms with van der Waals surface area (Å²) in [4.78, 5) is 21.0. The smallest absolute Gasteiger partial charge is 0.407 e. The van der Waals surface area contributed by atoms with E-state index < -0.39 is 17.8 Å². The standard InChI is InChI=1S/C8H16N2O4/c1-8(2,3)14-7(13)10-5-4-9-6(11)12/h9H,4-5H2,1-3H3,(H,10,13)(H,11,12). The molecule has 0 aliphatic rings. The number of carbonyl (C=O) groups is 2. The molecule has 0 aromatic carbocycles. The Balaban J connectivity index is 3.50. The first-order chi connectivity index (χ1) is 6.31. The highest BCUT2D eigenvalue weighted by molar-refractivity contribution is 5.68. The third-order valence-corrected chi connectivity index (χ3v) is 1.07. The van der Waals surface area contributed by atoms with Gasteiger partial charge in [-0.15, -0.1) is 0 Å². The molecule has 2 amide bonds. The summed E-state index contributed by atoms with van der Waals surface area (Å²) in [5.41, 5.74) is -0.537. The molecule has 0 spiro atoms. The maximum absolute atomic E-state index is 11.0. The number of alkyl carbamates (subject to hydrolysis) is 1. The zero-order chi connectivity index (χ0) is 11.2. The quantitative estimate of drug-likeness (QED) is 0.593. The Kier molecular flexibility index (Phi) is 4.76. The van der Waals surface area contributed by atoms with E-state index in [2.05, 4.69) is 10.6 Å². The van der Waals surface area contributed by atoms with Crippen LogP contribution < -0.4 is 10.6 Å². The zero-order valence-electron chi connectivity index (χ0n) is 8.59. The Bertz CT molecular complexity index is 210. The molecule has 0 aromatic rings. The molecule has 6 nitrogen and oxygen atoms in total. The number of carboxylic acid groups (broad SMARTS) is 1. The van der Waals surface area contributed by atoms with E-state index in [4.69, 9.17) is 9.84 Å². The lowest BCUT2D eigenvalue weighted by molar-refractivity contribution is 0.0528. The number of nitrogens with one attached hydrogen (secondary N) is 2. The minimum Gasteiger partial charge on any atom is -0.465 e. The lowest BCUT2D eigenvalue weighted by Crippen LogP contribution is -2.37. The topological polar surface area (TPSA) is 87.7 Å². The Labute approximate surface area is 82.6 Å². The summed E-state index contributed by atoms with van der Waals surface area (Å²) in [6, 6.07) is 0. The van der Waals surface area contributed by atoms with E-state index in [0.29, 0.717) is 0 Å². The van der Waals surface area contributed by atoms with Gasteiger partial charge < -0.3 is 20.5 Å². The summed E-state index contributed by atoms with van der Waals surface area (Å²) in [6.07, 6.45) is -1.67. The lowest BCUT2D eigenvalue weighted by Gasteiger charge is -2.19. The molecular weight excluding hydrogens is 188 g/mol. The molecule has 6 heteroatoms. The lowest BCUT2D eigenvalue weighted by atomic mass is 10.2. The van der Waals surface area contributed by atoms with Gasteiger partial charge in [0.05, 0.1) is 0 Å². The molecule has 3 N–H and O–H groups in total. The van der Waals surface area contributed by atoms with Crippen molar-refractivity contribution in [3.8, 4) is 0 Å². The van der Waals surface area contributed by atoms with Crippen molar-refractivity contribution in [2.24, 2.45) is 0 Å². The van der Waals surface area contributed by atoms with E-state index in [-0.39, 0.29) is 13.1 Å². The normalized spacial score (nSPS) is 10.5. The van der Waals surface area contributed by atoms with Gasteiger partial charge in [0, 0.05) is 13.1 Å². The Morgan fingerprint density at radius 1 is 1.21 bits per heavy atom. The molecule has 0 atom stereocenters. The molecular formula is C8H16N2O4. The largest absolute Gasteiger partial charge is 0.465 e. The second-order valence-electron chi connectivity index (χ2n) is 3.66. The molecule has 14 heavy (non-hydrogen) atoms. The van der Waals surface area contributed by atoms with Gasteiger partial charge in [0.2, 0.25) is 0 Å². The molecule has 0 aliphatic heterocycles. The second kappa shape index (κ2) is 5.31. The summed E-state index contributed by atoms with van der Waals surface area (Å²) in [6.45, 7) is 5.63. The fraction of sp³-hybridized carbons (Fsp3) is 0.750. The monoisotopic (exact) mass is 204 g/mol. The molecule has 0 saturated carbocycles. The SMILES string of the molecule is CC(C)(C)OC(=O)NCCNC(=O)O. The molecule has 82 valence electrons. The number of ether oxygens (including phenoxy) is 1. The highest BCUT2D eigenvalue weighted by Crippen LogP contribution is 2.05. The first-order valence-corrected chi connectivity index (χ1v) is 4.25. The predicted molar refractivity (Wildman–Crippen MR) is 50.3 cm³/mol. The van der Waals surface area contributed by atoms with Crippen LogP contribution in [0.5, 0.6) is 0 Å². The molecule has 0 radical (unpaired) electrons. The molecule has 0 unspecified atom stereocenters. The van der Waals surface area contributed by atoms with Gasteiger partial charge in [-0.25, -0.2) is 9.59 Å². The van der Waals surface area contributed by atoms with Crippen LogP contribution in [0, 0.1) is 0 Å². The van der Waals surface area contributed by atoms with E-state index in [1.165, 1.54) is 0 Å². The number of amides is 2. The van der Waals surface area contributed by atoms with E-state index >= 15 is 0 Å². The number of rotatable bonds is 3. The van der Waals surface area contributed by atoms with E-state index in [9.17, 15) is 9.59 Å². The van der Waals surface area contributed by atoms with E-state index in [1.807, 2.05) is 0 Å². The van der Waals surface area contributed by atoms with Crippen molar-refractivity contribution in [1.82, 2.24) is 10.6 Å². The third kappa shape index (κ3) is 8.63. The Morgan fingerprint density at radius 3 is 2.14 bits per heavy atom. The van der Waals surface area contributed by atoms with Gasteiger partial charge in [-0.3, -0.25) is 0 Å². The first-order valence-electron chi connectivity index (χ1n) is 4.25. The van der Waals surface area contributed by atoms with Crippen LogP contribution in [0.3, 0.4) is 0 Å². The number of hydrogen-bond acceptors (Lipinski definition) is 3. The van der Waals surface area contributed by atoms with Crippen LogP contribution in [0.25, 0.3) is 0 Å². The number of carbonyl (C=O) groups excluding carboxylic acids is 1. The van der Waals surface area contributed by atoms with Crippen molar-refractivity contribution in [2.45, 2.75) is 26.4 Å². The van der Waals surface area contributed by atoms with Crippen molar-refractivity contribution in [3.05, 3.63) is 0 Å². The highest BCUT2D eigenvalue weighted by atomic mass is 16.6. The van der Waals surface area contributed by atoms with E-state index in [0.717, 1.165) is 0 Å². The average molecular weight is 204 g/mol. The first kappa shape index (κ1) is 12.5. The van der Waals surface area contributed by atoms with Crippen molar-refractivity contribution < 1.29 is 19.4 Å². The number of hydrogen-bond donors (Lipinski definition) is 3. The van der Waals surface area contributed by atoms with Gasteiger partial charge in [-0.2, -0.15) is 0 Å². The fourth-order valence-electron chi connectivity index (χ4n) is 0.648. The van der Waals surface area contributed by atoms with Crippen LogP contribution >= 0.6 is 0 Å². The van der Waals surface area contributed by atoms with E-state index in [1.54, 1.807) is 20.8 Å². The Hall–Kier alpha value is -1.46. The molecule has 0 aliphatic carbocycles. The van der Waals surface area contributed by atoms with Crippen molar-refractivity contribution in [1.29, 1.82) is 0 Å². The second-order valence-corrected chi connectivity index (χ2v) is 3.66. The zero-order valence-corrected chi connectivity index (χ0v) is 8.59. The van der Waals surface area contributed by atoms with Crippen LogP contribution in [0.4, 0.5) is 9.59 Å². The van der Waals surface area contributed by atoms with Gasteiger partial charge in [-0.1, -0.05) is 0 Å². The summed E-state index contributed by atoms with van der Waals surface area (Å²) < 4.78 is 4.92. The van der Waals surface area contributed by atoms with Crippen LogP contribution in [0.15, 0.2) is 0 Å². The van der Waals surface area contributed by atoms with Gasteiger partial charge in [0.1, 0.15) is 5.60 Å². The van der Waals surface area contributed by atoms with Gasteiger partial charge in [0.25, 0.3) is 0 Å². The van der Waals surface area contributed by atoms with Gasteiger partial charge >= 0.3 is 12.2 Å². The summed E-state index contributed by atoms with van der Waals surface area (Å²) in [5.74, 6) is 0. The summed E-state index contributed by atoms with van der Waals surface area (Å²) >= 11 is 0. The van der Waals surface area contributed by atoms with Crippen LogP contribution in [-0.2, 0) is 4.74 Å². The Morgan fingerprint density at radius 2 is 1.71 bits per heavy atom. The fourth-order valence-corrected chi connectivity index (χ4v) is 0.648. The van der Waals surface area contributed by atoms with Crippen molar-refractivity contribution >= 4 is 12.2 Å². The van der Waals surface area contributed by atoms with Gasteiger partial charge in [0.15, 0.2) is 0 Å². The minimum absolute atomic E-state index is 0.161. The van der Waals surface area contributed by atoms with Crippen LogP contribution in [-0.4, -0.2) is 36.0 Å². The molecule has 0 saturated heterocycles. The van der Waals surface area contributed by atoms with Crippen molar-refractivity contribution in [2.75, 3.05) is 13.1 Å². The summed E-state index contributed by atoms with van der Waals surface area (Å²) in [5, 5.41) is 12.7. The maximum Gasteiger partial charge on any atom is 0.407 e. The molecule has 0 bridgehead atoms. The maximum atomic E-state index is 11.0. The molecule has 0 aromatic heterocycles. The third-order valence-electron chi connectivity index (χ3n) is 1.07. The highest BCUT2D eigenvalue weighted by Gasteiger charge is 2.15. The van der Waals surface area contributed by atoms with Crippen molar-refractivity contribution in [3.63, 3.8) is 0 Å².